The first-order valence-electron chi connectivity index (χ1n) is 7.83. The van der Waals surface area contributed by atoms with Crippen LogP contribution in [0.15, 0.2) is 30.6 Å². The number of fused-ring (bicyclic) bond motifs is 1. The van der Waals surface area contributed by atoms with Crippen LogP contribution in [-0.4, -0.2) is 39.9 Å². The van der Waals surface area contributed by atoms with Crippen LogP contribution >= 0.6 is 0 Å². The summed E-state index contributed by atoms with van der Waals surface area (Å²) >= 11 is 0. The molecule has 8 heteroatoms. The van der Waals surface area contributed by atoms with Gasteiger partial charge in [-0.3, -0.25) is 10.1 Å². The summed E-state index contributed by atoms with van der Waals surface area (Å²) in [5.74, 6) is -1.40. The fourth-order valence-electron chi connectivity index (χ4n) is 2.69. The van der Waals surface area contributed by atoms with Crippen molar-refractivity contribution in [1.82, 2.24) is 20.0 Å². The van der Waals surface area contributed by atoms with Crippen LogP contribution in [0.4, 0.5) is 4.79 Å². The summed E-state index contributed by atoms with van der Waals surface area (Å²) in [7, 11) is 0. The Balaban J connectivity index is 1.46. The Bertz CT molecular complexity index is 731. The smallest absolute Gasteiger partial charge is 0.359 e. The molecular formula is C16H18N4O4. The highest BCUT2D eigenvalue weighted by Crippen LogP contribution is 2.17. The Morgan fingerprint density at radius 2 is 2.04 bits per heavy atom. The van der Waals surface area contributed by atoms with E-state index in [1.807, 2.05) is 0 Å². The van der Waals surface area contributed by atoms with Gasteiger partial charge in [0.15, 0.2) is 12.3 Å². The van der Waals surface area contributed by atoms with Crippen molar-refractivity contribution in [2.24, 2.45) is 0 Å². The summed E-state index contributed by atoms with van der Waals surface area (Å²) in [5, 5.41) is 4.87. The number of carbonyl (C=O) groups is 3. The molecule has 0 atom stereocenters. The second kappa shape index (κ2) is 7.12. The maximum atomic E-state index is 11.9. The van der Waals surface area contributed by atoms with E-state index in [0.29, 0.717) is 5.65 Å². The summed E-state index contributed by atoms with van der Waals surface area (Å²) in [4.78, 5) is 39.3. The van der Waals surface area contributed by atoms with Gasteiger partial charge in [0, 0.05) is 18.4 Å². The highest BCUT2D eigenvalue weighted by Gasteiger charge is 2.19. The standard InChI is InChI=1S/C16H18N4O4/c21-14(19-16(23)17-11-5-1-2-6-11)10-24-15(22)12-9-20-8-4-3-7-13(20)18-12/h3-4,7-9,11H,1-2,5-6,10H2,(H2,17,19,21,23). The van der Waals surface area contributed by atoms with Crippen LogP contribution in [0.25, 0.3) is 5.65 Å². The number of ether oxygens (including phenoxy) is 1. The highest BCUT2D eigenvalue weighted by atomic mass is 16.5. The van der Waals surface area contributed by atoms with Gasteiger partial charge in [-0.05, 0) is 25.0 Å². The van der Waals surface area contributed by atoms with Gasteiger partial charge in [-0.25, -0.2) is 14.6 Å². The number of amides is 3. The number of hydrogen-bond donors (Lipinski definition) is 2. The lowest BCUT2D eigenvalue weighted by Crippen LogP contribution is -2.45. The summed E-state index contributed by atoms with van der Waals surface area (Å²) < 4.78 is 6.56. The fraction of sp³-hybridized carbons (Fsp3) is 0.375. The number of pyridine rings is 1. The van der Waals surface area contributed by atoms with Gasteiger partial charge in [-0.15, -0.1) is 0 Å². The van der Waals surface area contributed by atoms with Crippen LogP contribution in [0.5, 0.6) is 0 Å². The number of nitrogens with one attached hydrogen (secondary N) is 2. The minimum Gasteiger partial charge on any atom is -0.451 e. The van der Waals surface area contributed by atoms with Crippen molar-refractivity contribution in [3.8, 4) is 0 Å². The first kappa shape index (κ1) is 16.0. The molecule has 0 aromatic carbocycles. The maximum Gasteiger partial charge on any atom is 0.359 e. The number of rotatable bonds is 4. The second-order valence-corrected chi connectivity index (χ2v) is 5.67. The molecule has 1 saturated carbocycles. The molecule has 0 saturated heterocycles. The Kier molecular flexibility index (Phi) is 4.74. The number of esters is 1. The Hall–Kier alpha value is -2.90. The van der Waals surface area contributed by atoms with E-state index in [4.69, 9.17) is 4.74 Å². The Morgan fingerprint density at radius 3 is 2.79 bits per heavy atom. The third-order valence-electron chi connectivity index (χ3n) is 3.85. The van der Waals surface area contributed by atoms with E-state index < -0.39 is 24.5 Å². The van der Waals surface area contributed by atoms with Crippen molar-refractivity contribution < 1.29 is 19.1 Å². The van der Waals surface area contributed by atoms with Crippen LogP contribution in [0, 0.1) is 0 Å². The summed E-state index contributed by atoms with van der Waals surface area (Å²) in [6.07, 6.45) is 7.27. The first-order chi connectivity index (χ1) is 11.6. The number of imide groups is 1. The van der Waals surface area contributed by atoms with Gasteiger partial charge in [0.25, 0.3) is 5.91 Å². The maximum absolute atomic E-state index is 11.9. The third kappa shape index (κ3) is 3.89. The fourth-order valence-corrected chi connectivity index (χ4v) is 2.69. The van der Waals surface area contributed by atoms with Crippen LogP contribution in [0.1, 0.15) is 36.2 Å². The molecule has 2 aromatic heterocycles. The summed E-state index contributed by atoms with van der Waals surface area (Å²) in [5.41, 5.74) is 0.703. The first-order valence-corrected chi connectivity index (χ1v) is 7.83. The number of hydrogen-bond acceptors (Lipinski definition) is 5. The third-order valence-corrected chi connectivity index (χ3v) is 3.85. The van der Waals surface area contributed by atoms with Crippen molar-refractivity contribution in [2.75, 3.05) is 6.61 Å². The quantitative estimate of drug-likeness (QED) is 0.822. The number of carbonyl (C=O) groups excluding carboxylic acids is 3. The molecule has 0 radical (unpaired) electrons. The topological polar surface area (TPSA) is 102 Å². The molecule has 0 aliphatic heterocycles. The number of nitrogens with zero attached hydrogens (tertiary/aromatic N) is 2. The van der Waals surface area contributed by atoms with Crippen LogP contribution in [0.2, 0.25) is 0 Å². The Morgan fingerprint density at radius 1 is 1.25 bits per heavy atom. The molecule has 2 aromatic rings. The van der Waals surface area contributed by atoms with Crippen molar-refractivity contribution in [3.63, 3.8) is 0 Å². The van der Waals surface area contributed by atoms with Gasteiger partial charge >= 0.3 is 12.0 Å². The molecule has 1 fully saturated rings. The molecule has 3 rings (SSSR count). The van der Waals surface area contributed by atoms with E-state index in [-0.39, 0.29) is 11.7 Å². The molecule has 24 heavy (non-hydrogen) atoms. The molecule has 2 N–H and O–H groups in total. The lowest BCUT2D eigenvalue weighted by Gasteiger charge is -2.12. The van der Waals surface area contributed by atoms with Gasteiger partial charge in [0.1, 0.15) is 5.65 Å². The number of aromatic nitrogens is 2. The van der Waals surface area contributed by atoms with Crippen molar-refractivity contribution in [2.45, 2.75) is 31.7 Å². The summed E-state index contributed by atoms with van der Waals surface area (Å²) in [6, 6.07) is 4.90. The van der Waals surface area contributed by atoms with Gasteiger partial charge in [0.2, 0.25) is 0 Å². The molecule has 0 bridgehead atoms. The molecule has 1 aliphatic carbocycles. The van der Waals surface area contributed by atoms with E-state index in [9.17, 15) is 14.4 Å². The van der Waals surface area contributed by atoms with Crippen LogP contribution < -0.4 is 10.6 Å². The molecule has 2 heterocycles. The Labute approximate surface area is 138 Å². The zero-order valence-corrected chi connectivity index (χ0v) is 13.0. The predicted octanol–water partition coefficient (Wildman–Crippen LogP) is 1.26. The minimum atomic E-state index is -0.718. The average Bonchev–Trinajstić information content (AvgIpc) is 3.21. The van der Waals surface area contributed by atoms with Gasteiger partial charge < -0.3 is 14.5 Å². The van der Waals surface area contributed by atoms with Crippen LogP contribution in [0.3, 0.4) is 0 Å². The lowest BCUT2D eigenvalue weighted by molar-refractivity contribution is -0.123. The largest absolute Gasteiger partial charge is 0.451 e. The average molecular weight is 330 g/mol. The molecule has 126 valence electrons. The van der Waals surface area contributed by atoms with Gasteiger partial charge in [0.05, 0.1) is 0 Å². The molecular weight excluding hydrogens is 312 g/mol. The zero-order valence-electron chi connectivity index (χ0n) is 13.0. The molecule has 3 amide bonds. The zero-order chi connectivity index (χ0) is 16.9. The van der Waals surface area contributed by atoms with Crippen LogP contribution in [-0.2, 0) is 9.53 Å². The monoisotopic (exact) mass is 330 g/mol. The lowest BCUT2D eigenvalue weighted by atomic mass is 10.2. The molecule has 0 spiro atoms. The normalized spacial score (nSPS) is 14.5. The van der Waals surface area contributed by atoms with Crippen molar-refractivity contribution in [3.05, 3.63) is 36.3 Å². The summed E-state index contributed by atoms with van der Waals surface area (Å²) in [6.45, 7) is -0.537. The SMILES string of the molecule is O=C(COC(=O)c1cn2ccccc2n1)NC(=O)NC1CCCC1. The van der Waals surface area contributed by atoms with E-state index >= 15 is 0 Å². The number of urea groups is 1. The van der Waals surface area contributed by atoms with E-state index in [1.165, 1.54) is 6.20 Å². The molecule has 0 unspecified atom stereocenters. The van der Waals surface area contributed by atoms with Gasteiger partial charge in [-0.1, -0.05) is 18.9 Å². The highest BCUT2D eigenvalue weighted by molar-refractivity contribution is 5.96. The second-order valence-electron chi connectivity index (χ2n) is 5.67. The predicted molar refractivity (Wildman–Crippen MR) is 84.4 cm³/mol. The van der Waals surface area contributed by atoms with E-state index in [2.05, 4.69) is 15.6 Å². The van der Waals surface area contributed by atoms with Crippen molar-refractivity contribution >= 4 is 23.6 Å². The van der Waals surface area contributed by atoms with Crippen molar-refractivity contribution in [1.29, 1.82) is 0 Å². The number of imidazole rings is 1. The molecule has 1 aliphatic rings. The minimum absolute atomic E-state index is 0.101. The van der Waals surface area contributed by atoms with E-state index in [0.717, 1.165) is 25.7 Å². The van der Waals surface area contributed by atoms with Gasteiger partial charge in [-0.2, -0.15) is 0 Å². The molecule has 8 nitrogen and oxygen atoms in total. The van der Waals surface area contributed by atoms with E-state index in [1.54, 1.807) is 28.8 Å².